The van der Waals surface area contributed by atoms with Crippen molar-refractivity contribution in [2.24, 2.45) is 0 Å². The molecule has 0 aliphatic rings. The van der Waals surface area contributed by atoms with Gasteiger partial charge >= 0.3 is 0 Å². The molecule has 16 heavy (non-hydrogen) atoms. The van der Waals surface area contributed by atoms with Gasteiger partial charge in [0.1, 0.15) is 10.7 Å². The SMILES string of the molecule is CCCc1nc(-c2ccccc2Br)c(N)s1. The highest BCUT2D eigenvalue weighted by Gasteiger charge is 2.12. The van der Waals surface area contributed by atoms with E-state index in [1.165, 1.54) is 0 Å². The van der Waals surface area contributed by atoms with Crippen LogP contribution in [0.4, 0.5) is 5.00 Å². The summed E-state index contributed by atoms with van der Waals surface area (Å²) in [6, 6.07) is 8.03. The van der Waals surface area contributed by atoms with Crippen molar-refractivity contribution in [1.29, 1.82) is 0 Å². The van der Waals surface area contributed by atoms with Gasteiger partial charge in [-0.05, 0) is 18.9 Å². The molecule has 0 atom stereocenters. The number of aryl methyl sites for hydroxylation is 1. The molecule has 84 valence electrons. The van der Waals surface area contributed by atoms with Gasteiger partial charge in [0, 0.05) is 10.0 Å². The molecule has 1 aromatic carbocycles. The van der Waals surface area contributed by atoms with Gasteiger partial charge in [-0.15, -0.1) is 11.3 Å². The molecule has 2 nitrogen and oxygen atoms in total. The standard InChI is InChI=1S/C12H13BrN2S/c1-2-5-10-15-11(12(14)16-10)8-6-3-4-7-9(8)13/h3-4,6-7H,2,5,14H2,1H3. The van der Waals surface area contributed by atoms with Crippen LogP contribution in [-0.2, 0) is 6.42 Å². The van der Waals surface area contributed by atoms with Crippen molar-refractivity contribution in [1.82, 2.24) is 4.98 Å². The molecule has 2 rings (SSSR count). The fourth-order valence-corrected chi connectivity index (χ4v) is 2.97. The summed E-state index contributed by atoms with van der Waals surface area (Å²) in [7, 11) is 0. The maximum absolute atomic E-state index is 6.01. The van der Waals surface area contributed by atoms with Crippen molar-refractivity contribution < 1.29 is 0 Å². The first-order valence-electron chi connectivity index (χ1n) is 5.22. The summed E-state index contributed by atoms with van der Waals surface area (Å²) in [5.74, 6) is 0. The minimum absolute atomic E-state index is 0.801. The highest BCUT2D eigenvalue weighted by molar-refractivity contribution is 9.10. The number of halogens is 1. The second-order valence-electron chi connectivity index (χ2n) is 3.55. The number of anilines is 1. The Labute approximate surface area is 108 Å². The van der Waals surface area contributed by atoms with Gasteiger partial charge in [0.15, 0.2) is 0 Å². The van der Waals surface area contributed by atoms with Gasteiger partial charge in [0.25, 0.3) is 0 Å². The molecular formula is C12H13BrN2S. The highest BCUT2D eigenvalue weighted by atomic mass is 79.9. The lowest BCUT2D eigenvalue weighted by molar-refractivity contribution is 0.910. The maximum Gasteiger partial charge on any atom is 0.114 e. The Morgan fingerprint density at radius 3 is 2.81 bits per heavy atom. The highest BCUT2D eigenvalue weighted by Crippen LogP contribution is 2.35. The first-order chi connectivity index (χ1) is 7.72. The van der Waals surface area contributed by atoms with Crippen LogP contribution in [0, 0.1) is 0 Å². The second kappa shape index (κ2) is 4.97. The average molecular weight is 297 g/mol. The van der Waals surface area contributed by atoms with Gasteiger partial charge in [-0.2, -0.15) is 0 Å². The largest absolute Gasteiger partial charge is 0.389 e. The molecule has 0 fully saturated rings. The zero-order valence-electron chi connectivity index (χ0n) is 9.03. The number of nitrogens with two attached hydrogens (primary N) is 1. The predicted octanol–water partition coefficient (Wildman–Crippen LogP) is 4.11. The number of hydrogen-bond donors (Lipinski definition) is 1. The third-order valence-corrected chi connectivity index (χ3v) is 3.93. The topological polar surface area (TPSA) is 38.9 Å². The molecule has 0 bridgehead atoms. The van der Waals surface area contributed by atoms with Crippen molar-refractivity contribution in [3.05, 3.63) is 33.7 Å². The minimum atomic E-state index is 0.801. The molecule has 0 saturated carbocycles. The van der Waals surface area contributed by atoms with E-state index in [-0.39, 0.29) is 0 Å². The number of hydrogen-bond acceptors (Lipinski definition) is 3. The van der Waals surface area contributed by atoms with Crippen LogP contribution < -0.4 is 5.73 Å². The lowest BCUT2D eigenvalue weighted by Crippen LogP contribution is -1.87. The lowest BCUT2D eigenvalue weighted by atomic mass is 10.2. The number of rotatable bonds is 3. The Morgan fingerprint density at radius 1 is 1.38 bits per heavy atom. The van der Waals surface area contributed by atoms with Crippen LogP contribution in [0.3, 0.4) is 0 Å². The van der Waals surface area contributed by atoms with Crippen LogP contribution in [0.25, 0.3) is 11.3 Å². The molecule has 0 aliphatic carbocycles. The second-order valence-corrected chi connectivity index (χ2v) is 5.52. The van der Waals surface area contributed by atoms with Crippen molar-refractivity contribution >= 4 is 32.3 Å². The molecule has 0 aliphatic heterocycles. The molecule has 0 radical (unpaired) electrons. The van der Waals surface area contributed by atoms with Gasteiger partial charge < -0.3 is 5.73 Å². The van der Waals surface area contributed by atoms with Crippen LogP contribution in [0.5, 0.6) is 0 Å². The molecule has 4 heteroatoms. The van der Waals surface area contributed by atoms with Gasteiger partial charge in [0.2, 0.25) is 0 Å². The summed E-state index contributed by atoms with van der Waals surface area (Å²) in [5.41, 5.74) is 7.98. The summed E-state index contributed by atoms with van der Waals surface area (Å²) >= 11 is 5.11. The van der Waals surface area contributed by atoms with Crippen LogP contribution in [0.15, 0.2) is 28.7 Å². The van der Waals surface area contributed by atoms with Crippen molar-refractivity contribution in [3.8, 4) is 11.3 Å². The van der Waals surface area contributed by atoms with Gasteiger partial charge in [0.05, 0.1) is 5.01 Å². The molecule has 0 unspecified atom stereocenters. The monoisotopic (exact) mass is 296 g/mol. The molecule has 2 N–H and O–H groups in total. The van der Waals surface area contributed by atoms with Crippen LogP contribution >= 0.6 is 27.3 Å². The van der Waals surface area contributed by atoms with E-state index >= 15 is 0 Å². The summed E-state index contributed by atoms with van der Waals surface area (Å²) in [6.07, 6.45) is 2.10. The Balaban J connectivity index is 2.44. The van der Waals surface area contributed by atoms with E-state index in [9.17, 15) is 0 Å². The lowest BCUT2D eigenvalue weighted by Gasteiger charge is -2.00. The van der Waals surface area contributed by atoms with E-state index in [2.05, 4.69) is 27.8 Å². The number of nitrogen functional groups attached to an aromatic ring is 1. The maximum atomic E-state index is 6.01. The minimum Gasteiger partial charge on any atom is -0.389 e. The number of aromatic nitrogens is 1. The van der Waals surface area contributed by atoms with Gasteiger partial charge in [-0.3, -0.25) is 0 Å². The molecule has 2 aromatic rings. The number of thiazole rings is 1. The molecule has 0 spiro atoms. The average Bonchev–Trinajstić information content (AvgIpc) is 2.61. The molecule has 1 aromatic heterocycles. The van der Waals surface area contributed by atoms with Gasteiger partial charge in [-0.1, -0.05) is 41.1 Å². The Morgan fingerprint density at radius 2 is 2.12 bits per heavy atom. The van der Waals surface area contributed by atoms with Crippen molar-refractivity contribution in [2.75, 3.05) is 5.73 Å². The molecular weight excluding hydrogens is 284 g/mol. The van der Waals surface area contributed by atoms with E-state index in [1.54, 1.807) is 11.3 Å². The number of nitrogens with zero attached hydrogens (tertiary/aromatic N) is 1. The quantitative estimate of drug-likeness (QED) is 0.926. The summed E-state index contributed by atoms with van der Waals surface area (Å²) in [6.45, 7) is 2.15. The summed E-state index contributed by atoms with van der Waals surface area (Å²) in [4.78, 5) is 4.59. The smallest absolute Gasteiger partial charge is 0.114 e. The summed E-state index contributed by atoms with van der Waals surface area (Å²) < 4.78 is 1.04. The Hall–Kier alpha value is -0.870. The fourth-order valence-electron chi connectivity index (χ4n) is 1.54. The third kappa shape index (κ3) is 2.28. The zero-order chi connectivity index (χ0) is 11.5. The van der Waals surface area contributed by atoms with Crippen molar-refractivity contribution in [3.63, 3.8) is 0 Å². The fraction of sp³-hybridized carbons (Fsp3) is 0.250. The van der Waals surface area contributed by atoms with E-state index in [4.69, 9.17) is 5.73 Å². The van der Waals surface area contributed by atoms with Crippen molar-refractivity contribution in [2.45, 2.75) is 19.8 Å². The first kappa shape index (κ1) is 11.6. The van der Waals surface area contributed by atoms with Gasteiger partial charge in [-0.25, -0.2) is 4.98 Å². The Bertz CT molecular complexity index is 494. The van der Waals surface area contributed by atoms with E-state index in [0.29, 0.717) is 0 Å². The predicted molar refractivity (Wildman–Crippen MR) is 73.7 cm³/mol. The third-order valence-electron chi connectivity index (χ3n) is 2.29. The van der Waals surface area contributed by atoms with E-state index in [0.717, 1.165) is 38.6 Å². The zero-order valence-corrected chi connectivity index (χ0v) is 11.4. The van der Waals surface area contributed by atoms with Crippen LogP contribution in [-0.4, -0.2) is 4.98 Å². The molecule has 0 amide bonds. The first-order valence-corrected chi connectivity index (χ1v) is 6.83. The van der Waals surface area contributed by atoms with E-state index < -0.39 is 0 Å². The normalized spacial score (nSPS) is 10.6. The van der Waals surface area contributed by atoms with Crippen LogP contribution in [0.1, 0.15) is 18.4 Å². The Kier molecular flexibility index (Phi) is 3.61. The van der Waals surface area contributed by atoms with E-state index in [1.807, 2.05) is 24.3 Å². The molecule has 0 saturated heterocycles. The molecule has 1 heterocycles. The number of benzene rings is 1. The van der Waals surface area contributed by atoms with Crippen LogP contribution in [0.2, 0.25) is 0 Å². The summed E-state index contributed by atoms with van der Waals surface area (Å²) in [5, 5.41) is 1.92.